The summed E-state index contributed by atoms with van der Waals surface area (Å²) in [6.45, 7) is 4.39. The lowest BCUT2D eigenvalue weighted by atomic mass is 10.1. The first-order chi connectivity index (χ1) is 8.60. The van der Waals surface area contributed by atoms with Crippen LogP contribution in [0.25, 0.3) is 0 Å². The van der Waals surface area contributed by atoms with Gasteiger partial charge in [0, 0.05) is 0 Å². The summed E-state index contributed by atoms with van der Waals surface area (Å²) in [5.74, 6) is 0.315. The number of ether oxygens (including phenoxy) is 2. The van der Waals surface area contributed by atoms with Crippen LogP contribution in [0, 0.1) is 6.92 Å². The zero-order valence-corrected chi connectivity index (χ0v) is 11.8. The monoisotopic (exact) mass is 270 g/mol. The number of benzene rings is 1. The molecule has 3 nitrogen and oxygen atoms in total. The number of hydrogen-bond acceptors (Lipinski definition) is 3. The van der Waals surface area contributed by atoms with Crippen molar-refractivity contribution in [3.8, 4) is 5.75 Å². The van der Waals surface area contributed by atoms with Crippen molar-refractivity contribution in [2.24, 2.45) is 0 Å². The lowest BCUT2D eigenvalue weighted by molar-refractivity contribution is -0.143. The molecule has 0 spiro atoms. The lowest BCUT2D eigenvalue weighted by Crippen LogP contribution is -2.12. The average Bonchev–Trinajstić information content (AvgIpc) is 2.38. The molecule has 0 saturated carbocycles. The number of methoxy groups -OCH3 is 1. The number of alkyl halides is 1. The molecule has 1 atom stereocenters. The molecule has 0 bridgehead atoms. The van der Waals surface area contributed by atoms with E-state index in [0.717, 1.165) is 24.2 Å². The van der Waals surface area contributed by atoms with E-state index in [1.54, 1.807) is 13.2 Å². The number of rotatable bonds is 6. The van der Waals surface area contributed by atoms with Crippen LogP contribution in [-0.4, -0.2) is 19.7 Å². The average molecular weight is 271 g/mol. The van der Waals surface area contributed by atoms with Gasteiger partial charge in [-0.15, -0.1) is 11.6 Å². The van der Waals surface area contributed by atoms with Crippen LogP contribution in [0.15, 0.2) is 18.2 Å². The van der Waals surface area contributed by atoms with Crippen molar-refractivity contribution in [3.05, 3.63) is 29.3 Å². The van der Waals surface area contributed by atoms with Crippen molar-refractivity contribution in [2.45, 2.75) is 32.1 Å². The van der Waals surface area contributed by atoms with Gasteiger partial charge in [0.2, 0.25) is 0 Å². The van der Waals surface area contributed by atoms with Gasteiger partial charge in [0.05, 0.1) is 13.7 Å². The molecule has 100 valence electrons. The third-order valence-corrected chi connectivity index (χ3v) is 3.10. The minimum atomic E-state index is -0.781. The second-order valence-corrected chi connectivity index (χ2v) is 4.55. The maximum Gasteiger partial charge on any atom is 0.328 e. The normalized spacial score (nSPS) is 12.0. The van der Waals surface area contributed by atoms with Crippen LogP contribution in [0.1, 0.15) is 36.3 Å². The van der Waals surface area contributed by atoms with Gasteiger partial charge in [0.15, 0.2) is 5.38 Å². The van der Waals surface area contributed by atoms with Gasteiger partial charge in [-0.3, -0.25) is 4.79 Å². The third-order valence-electron chi connectivity index (χ3n) is 2.67. The van der Waals surface area contributed by atoms with E-state index >= 15 is 0 Å². The van der Waals surface area contributed by atoms with Gasteiger partial charge in [0.1, 0.15) is 5.75 Å². The zero-order valence-electron chi connectivity index (χ0n) is 11.0. The predicted molar refractivity (Wildman–Crippen MR) is 72.2 cm³/mol. The highest BCUT2D eigenvalue weighted by Crippen LogP contribution is 2.27. The number of carbonyl (C=O) groups excluding carboxylic acids is 1. The molecular formula is C14H19ClO3. The predicted octanol–water partition coefficient (Wildman–Crippen LogP) is 3.63. The molecule has 0 N–H and O–H groups in total. The van der Waals surface area contributed by atoms with E-state index in [1.165, 1.54) is 0 Å². The Morgan fingerprint density at radius 1 is 1.44 bits per heavy atom. The molecule has 0 amide bonds. The van der Waals surface area contributed by atoms with Gasteiger partial charge >= 0.3 is 5.97 Å². The van der Waals surface area contributed by atoms with E-state index in [-0.39, 0.29) is 0 Å². The molecule has 0 fully saturated rings. The maximum atomic E-state index is 11.7. The standard InChI is InChI=1S/C14H19ClO3/c1-4-5-8-18-14(16)13(15)11-7-6-10(2)12(9-11)17-3/h6-7,9,13H,4-5,8H2,1-3H3. The van der Waals surface area contributed by atoms with Crippen LogP contribution in [0.3, 0.4) is 0 Å². The second-order valence-electron chi connectivity index (χ2n) is 4.11. The molecule has 1 rings (SSSR count). The molecule has 0 aliphatic carbocycles. The van der Waals surface area contributed by atoms with Crippen LogP contribution in [0.4, 0.5) is 0 Å². The van der Waals surface area contributed by atoms with Gasteiger partial charge in [-0.05, 0) is 30.5 Å². The Morgan fingerprint density at radius 3 is 2.78 bits per heavy atom. The van der Waals surface area contributed by atoms with Gasteiger partial charge in [-0.1, -0.05) is 25.5 Å². The molecule has 0 aromatic heterocycles. The molecule has 1 aromatic rings. The minimum Gasteiger partial charge on any atom is -0.496 e. The van der Waals surface area contributed by atoms with Crippen molar-refractivity contribution in [1.82, 2.24) is 0 Å². The van der Waals surface area contributed by atoms with Crippen molar-refractivity contribution in [3.63, 3.8) is 0 Å². The van der Waals surface area contributed by atoms with E-state index in [4.69, 9.17) is 21.1 Å². The fourth-order valence-corrected chi connectivity index (χ4v) is 1.72. The van der Waals surface area contributed by atoms with Gasteiger partial charge < -0.3 is 9.47 Å². The summed E-state index contributed by atoms with van der Waals surface area (Å²) in [5.41, 5.74) is 1.70. The molecule has 0 heterocycles. The fraction of sp³-hybridized carbons (Fsp3) is 0.500. The molecule has 0 radical (unpaired) electrons. The number of halogens is 1. The topological polar surface area (TPSA) is 35.5 Å². The van der Waals surface area contributed by atoms with E-state index in [1.807, 2.05) is 26.0 Å². The Hall–Kier alpha value is -1.22. The Morgan fingerprint density at radius 2 is 2.17 bits per heavy atom. The van der Waals surface area contributed by atoms with E-state index < -0.39 is 11.3 Å². The Bertz CT molecular complexity index is 404. The highest BCUT2D eigenvalue weighted by Gasteiger charge is 2.20. The number of unbranched alkanes of at least 4 members (excludes halogenated alkanes) is 1. The Labute approximate surface area is 113 Å². The molecule has 4 heteroatoms. The Kier molecular flexibility index (Phi) is 5.99. The van der Waals surface area contributed by atoms with Crippen LogP contribution >= 0.6 is 11.6 Å². The molecule has 0 saturated heterocycles. The van der Waals surface area contributed by atoms with Crippen molar-refractivity contribution in [1.29, 1.82) is 0 Å². The molecule has 18 heavy (non-hydrogen) atoms. The first kappa shape index (κ1) is 14.8. The summed E-state index contributed by atoms with van der Waals surface area (Å²) in [6.07, 6.45) is 1.84. The summed E-state index contributed by atoms with van der Waals surface area (Å²) in [5, 5.41) is -0.781. The van der Waals surface area contributed by atoms with Crippen molar-refractivity contribution < 1.29 is 14.3 Å². The summed E-state index contributed by atoms with van der Waals surface area (Å²) < 4.78 is 10.3. The maximum absolute atomic E-state index is 11.7. The lowest BCUT2D eigenvalue weighted by Gasteiger charge is -2.12. The minimum absolute atomic E-state index is 0.406. The SMILES string of the molecule is CCCCOC(=O)C(Cl)c1ccc(C)c(OC)c1. The highest BCUT2D eigenvalue weighted by atomic mass is 35.5. The van der Waals surface area contributed by atoms with Gasteiger partial charge in [0.25, 0.3) is 0 Å². The number of carbonyl (C=O) groups is 1. The summed E-state index contributed by atoms with van der Waals surface area (Å²) in [4.78, 5) is 11.7. The summed E-state index contributed by atoms with van der Waals surface area (Å²) in [6, 6.07) is 5.47. The van der Waals surface area contributed by atoms with Gasteiger partial charge in [-0.2, -0.15) is 0 Å². The number of esters is 1. The quantitative estimate of drug-likeness (QED) is 0.450. The molecule has 0 aliphatic heterocycles. The number of hydrogen-bond donors (Lipinski definition) is 0. The zero-order chi connectivity index (χ0) is 13.5. The molecule has 1 aromatic carbocycles. The molecule has 0 aliphatic rings. The summed E-state index contributed by atoms with van der Waals surface area (Å²) in [7, 11) is 1.59. The molecule has 1 unspecified atom stereocenters. The second kappa shape index (κ2) is 7.27. The van der Waals surface area contributed by atoms with Crippen LogP contribution in [0.5, 0.6) is 5.75 Å². The summed E-state index contributed by atoms with van der Waals surface area (Å²) >= 11 is 6.09. The largest absolute Gasteiger partial charge is 0.496 e. The first-order valence-electron chi connectivity index (χ1n) is 6.05. The highest BCUT2D eigenvalue weighted by molar-refractivity contribution is 6.29. The smallest absolute Gasteiger partial charge is 0.328 e. The van der Waals surface area contributed by atoms with Crippen LogP contribution in [0.2, 0.25) is 0 Å². The third kappa shape index (κ3) is 3.91. The van der Waals surface area contributed by atoms with Crippen LogP contribution in [-0.2, 0) is 9.53 Å². The van der Waals surface area contributed by atoms with E-state index in [2.05, 4.69) is 0 Å². The van der Waals surface area contributed by atoms with Crippen LogP contribution < -0.4 is 4.74 Å². The van der Waals surface area contributed by atoms with Crippen molar-refractivity contribution >= 4 is 17.6 Å². The number of aryl methyl sites for hydroxylation is 1. The molecular weight excluding hydrogens is 252 g/mol. The fourth-order valence-electron chi connectivity index (χ4n) is 1.52. The van der Waals surface area contributed by atoms with Crippen molar-refractivity contribution in [2.75, 3.05) is 13.7 Å². The van der Waals surface area contributed by atoms with E-state index in [9.17, 15) is 4.79 Å². The van der Waals surface area contributed by atoms with E-state index in [0.29, 0.717) is 12.2 Å². The first-order valence-corrected chi connectivity index (χ1v) is 6.49. The van der Waals surface area contributed by atoms with Gasteiger partial charge in [-0.25, -0.2) is 0 Å². The Balaban J connectivity index is 2.71.